The van der Waals surface area contributed by atoms with Crippen LogP contribution in [0, 0.1) is 6.92 Å². The average Bonchev–Trinajstić information content (AvgIpc) is 3.05. The summed E-state index contributed by atoms with van der Waals surface area (Å²) in [6, 6.07) is 6.40. The third kappa shape index (κ3) is 2.78. The molecule has 0 saturated carbocycles. The fraction of sp³-hybridized carbons (Fsp3) is 0.438. The molecule has 0 radical (unpaired) electrons. The van der Waals surface area contributed by atoms with Crippen LogP contribution in [0.25, 0.3) is 0 Å². The summed E-state index contributed by atoms with van der Waals surface area (Å²) < 4.78 is 8.56. The molecule has 4 nitrogen and oxygen atoms in total. The number of ether oxygens (including phenoxy) is 1. The van der Waals surface area contributed by atoms with Crippen molar-refractivity contribution < 1.29 is 4.74 Å². The minimum atomic E-state index is -0.0337. The van der Waals surface area contributed by atoms with Gasteiger partial charge in [-0.15, -0.1) is 0 Å². The van der Waals surface area contributed by atoms with Crippen molar-refractivity contribution in [2.45, 2.75) is 46.1 Å². The van der Waals surface area contributed by atoms with Crippen LogP contribution in [0.5, 0.6) is 0 Å². The number of nitrogens with zero attached hydrogens (tertiary/aromatic N) is 2. The van der Waals surface area contributed by atoms with Gasteiger partial charge in [0.25, 0.3) is 0 Å². The van der Waals surface area contributed by atoms with Crippen LogP contribution < -0.4 is 5.73 Å². The third-order valence-electron chi connectivity index (χ3n) is 4.04. The molecule has 2 N–H and O–H groups in total. The summed E-state index contributed by atoms with van der Waals surface area (Å²) in [5.74, 6) is 0. The first-order chi connectivity index (χ1) is 10.1. The van der Waals surface area contributed by atoms with Gasteiger partial charge in [0.15, 0.2) is 0 Å². The Morgan fingerprint density at radius 3 is 2.90 bits per heavy atom. The van der Waals surface area contributed by atoms with E-state index in [0.717, 1.165) is 35.3 Å². The topological polar surface area (TPSA) is 53.1 Å². The molecule has 1 aliphatic rings. The molecular weight excluding hydrogens is 330 g/mol. The lowest BCUT2D eigenvalue weighted by atomic mass is 9.98. The van der Waals surface area contributed by atoms with E-state index in [2.05, 4.69) is 46.2 Å². The average molecular weight is 350 g/mol. The lowest BCUT2D eigenvalue weighted by Gasteiger charge is -2.14. The van der Waals surface area contributed by atoms with Crippen molar-refractivity contribution in [3.05, 3.63) is 50.8 Å². The Bertz CT molecular complexity index is 666. The Morgan fingerprint density at radius 2 is 2.14 bits per heavy atom. The van der Waals surface area contributed by atoms with Crippen molar-refractivity contribution >= 4 is 15.9 Å². The fourth-order valence-electron chi connectivity index (χ4n) is 2.81. The first-order valence-electron chi connectivity index (χ1n) is 7.27. The van der Waals surface area contributed by atoms with E-state index in [4.69, 9.17) is 10.5 Å². The van der Waals surface area contributed by atoms with Crippen molar-refractivity contribution in [3.63, 3.8) is 0 Å². The van der Waals surface area contributed by atoms with Crippen LogP contribution in [0.4, 0.5) is 0 Å². The highest BCUT2D eigenvalue weighted by Crippen LogP contribution is 2.28. The maximum Gasteiger partial charge on any atom is 0.0738 e. The Balaban J connectivity index is 1.85. The molecule has 0 amide bonds. The molecule has 1 aromatic heterocycles. The van der Waals surface area contributed by atoms with Crippen LogP contribution in [0.2, 0.25) is 0 Å². The maximum atomic E-state index is 6.42. The number of nitrogens with two attached hydrogens (primary N) is 1. The summed E-state index contributed by atoms with van der Waals surface area (Å²) >= 11 is 3.63. The molecule has 0 spiro atoms. The van der Waals surface area contributed by atoms with Crippen LogP contribution in [-0.4, -0.2) is 9.78 Å². The van der Waals surface area contributed by atoms with Gasteiger partial charge in [0.05, 0.1) is 29.1 Å². The van der Waals surface area contributed by atoms with Gasteiger partial charge in [0.1, 0.15) is 0 Å². The van der Waals surface area contributed by atoms with E-state index in [1.165, 1.54) is 16.8 Å². The van der Waals surface area contributed by atoms with E-state index in [1.54, 1.807) is 0 Å². The number of halogens is 1. The van der Waals surface area contributed by atoms with Crippen LogP contribution >= 0.6 is 15.9 Å². The fourth-order valence-corrected chi connectivity index (χ4v) is 3.26. The molecule has 2 aromatic rings. The number of aromatic nitrogens is 2. The molecule has 1 atom stereocenters. The molecular formula is C16H20BrN3O. The second-order valence-corrected chi connectivity index (χ2v) is 6.29. The van der Waals surface area contributed by atoms with Crippen molar-refractivity contribution in [3.8, 4) is 0 Å². The number of hydrogen-bond donors (Lipinski definition) is 1. The van der Waals surface area contributed by atoms with Crippen LogP contribution in [0.3, 0.4) is 0 Å². The van der Waals surface area contributed by atoms with Crippen molar-refractivity contribution in [2.75, 3.05) is 0 Å². The summed E-state index contributed by atoms with van der Waals surface area (Å²) in [6.45, 7) is 6.38. The summed E-state index contributed by atoms with van der Waals surface area (Å²) in [4.78, 5) is 0. The second-order valence-electron chi connectivity index (χ2n) is 5.49. The van der Waals surface area contributed by atoms with Crippen molar-refractivity contribution in [1.29, 1.82) is 0 Å². The van der Waals surface area contributed by atoms with Crippen LogP contribution in [0.15, 0.2) is 22.7 Å². The highest BCUT2D eigenvalue weighted by molar-refractivity contribution is 9.10. The largest absolute Gasteiger partial charge is 0.372 e. The SMILES string of the molecule is CCn1nc(C)c(Br)c1CC(N)c1ccc2c(c1)COC2. The second kappa shape index (κ2) is 5.91. The van der Waals surface area contributed by atoms with Gasteiger partial charge in [0, 0.05) is 19.0 Å². The third-order valence-corrected chi connectivity index (χ3v) is 5.07. The number of aryl methyl sites for hydroxylation is 2. The molecule has 0 fully saturated rings. The highest BCUT2D eigenvalue weighted by atomic mass is 79.9. The Morgan fingerprint density at radius 1 is 1.38 bits per heavy atom. The quantitative estimate of drug-likeness (QED) is 0.921. The molecule has 5 heteroatoms. The van der Waals surface area contributed by atoms with Gasteiger partial charge in [0.2, 0.25) is 0 Å². The van der Waals surface area contributed by atoms with E-state index in [0.29, 0.717) is 6.61 Å². The van der Waals surface area contributed by atoms with E-state index < -0.39 is 0 Å². The summed E-state index contributed by atoms with van der Waals surface area (Å²) in [5, 5.41) is 4.53. The molecule has 1 aliphatic heterocycles. The number of fused-ring (bicyclic) bond motifs is 1. The Kier molecular flexibility index (Phi) is 4.15. The Hall–Kier alpha value is -1.17. The number of benzene rings is 1. The van der Waals surface area contributed by atoms with Gasteiger partial charge in [-0.3, -0.25) is 4.68 Å². The predicted octanol–water partition coefficient (Wildman–Crippen LogP) is 3.25. The maximum absolute atomic E-state index is 6.42. The van der Waals surface area contributed by atoms with Gasteiger partial charge in [-0.2, -0.15) is 5.10 Å². The summed E-state index contributed by atoms with van der Waals surface area (Å²) in [5.41, 5.74) is 12.3. The molecule has 1 unspecified atom stereocenters. The predicted molar refractivity (Wildman–Crippen MR) is 85.9 cm³/mol. The van der Waals surface area contributed by atoms with Crippen LogP contribution in [0.1, 0.15) is 41.0 Å². The van der Waals surface area contributed by atoms with Gasteiger partial charge >= 0.3 is 0 Å². The monoisotopic (exact) mass is 349 g/mol. The molecule has 112 valence electrons. The molecule has 21 heavy (non-hydrogen) atoms. The molecule has 1 aromatic carbocycles. The lowest BCUT2D eigenvalue weighted by Crippen LogP contribution is -2.16. The number of hydrogen-bond acceptors (Lipinski definition) is 3. The van der Waals surface area contributed by atoms with E-state index >= 15 is 0 Å². The Labute approximate surface area is 133 Å². The van der Waals surface area contributed by atoms with Crippen molar-refractivity contribution in [2.24, 2.45) is 5.73 Å². The molecule has 2 heterocycles. The minimum absolute atomic E-state index is 0.0337. The van der Waals surface area contributed by atoms with Gasteiger partial charge < -0.3 is 10.5 Å². The standard InChI is InChI=1S/C16H20BrN3O/c1-3-20-15(16(17)10(2)19-20)7-14(18)11-4-5-12-8-21-9-13(12)6-11/h4-6,14H,3,7-9,18H2,1-2H3. The van der Waals surface area contributed by atoms with E-state index in [9.17, 15) is 0 Å². The highest BCUT2D eigenvalue weighted by Gasteiger charge is 2.18. The van der Waals surface area contributed by atoms with Crippen molar-refractivity contribution in [1.82, 2.24) is 9.78 Å². The zero-order chi connectivity index (χ0) is 15.0. The van der Waals surface area contributed by atoms with Crippen LogP contribution in [-0.2, 0) is 30.9 Å². The molecule has 3 rings (SSSR count). The zero-order valence-electron chi connectivity index (χ0n) is 12.4. The van der Waals surface area contributed by atoms with E-state index in [1.807, 2.05) is 11.6 Å². The normalized spacial score (nSPS) is 15.2. The zero-order valence-corrected chi connectivity index (χ0v) is 14.0. The first kappa shape index (κ1) is 14.8. The summed E-state index contributed by atoms with van der Waals surface area (Å²) in [7, 11) is 0. The minimum Gasteiger partial charge on any atom is -0.372 e. The summed E-state index contributed by atoms with van der Waals surface area (Å²) in [6.07, 6.45) is 0.773. The van der Waals surface area contributed by atoms with Gasteiger partial charge in [-0.05, 0) is 46.5 Å². The molecule has 0 aliphatic carbocycles. The molecule has 0 saturated heterocycles. The lowest BCUT2D eigenvalue weighted by molar-refractivity contribution is 0.134. The smallest absolute Gasteiger partial charge is 0.0738 e. The van der Waals surface area contributed by atoms with E-state index in [-0.39, 0.29) is 6.04 Å². The van der Waals surface area contributed by atoms with Gasteiger partial charge in [-0.25, -0.2) is 0 Å². The molecule has 0 bridgehead atoms. The van der Waals surface area contributed by atoms with Gasteiger partial charge in [-0.1, -0.05) is 18.2 Å². The first-order valence-corrected chi connectivity index (χ1v) is 8.06. The number of rotatable bonds is 4.